The summed E-state index contributed by atoms with van der Waals surface area (Å²) in [5.41, 5.74) is 1.59. The molecule has 0 bridgehead atoms. The van der Waals surface area contributed by atoms with E-state index in [1.54, 1.807) is 6.07 Å². The van der Waals surface area contributed by atoms with Gasteiger partial charge in [0.2, 0.25) is 0 Å². The summed E-state index contributed by atoms with van der Waals surface area (Å²) in [5.74, 6) is -0.279. The van der Waals surface area contributed by atoms with Crippen LogP contribution in [-0.2, 0) is 6.54 Å². The molecule has 19 heavy (non-hydrogen) atoms. The van der Waals surface area contributed by atoms with Crippen molar-refractivity contribution in [2.24, 2.45) is 5.41 Å². The largest absolute Gasteiger partial charge is 0.309 e. The fraction of sp³-hybridized carbons (Fsp3) is 0.562. The van der Waals surface area contributed by atoms with Crippen LogP contribution in [0, 0.1) is 22.6 Å². The standard InChI is InChI=1S/C16H21FN2/c1-16(2)8-4-3-5-15(16)19-11-13-9-14(17)7-6-12(13)10-18/h6-7,9,15,19H,3-5,8,11H2,1-2H3. The van der Waals surface area contributed by atoms with Crippen LogP contribution in [0.15, 0.2) is 18.2 Å². The molecule has 0 aliphatic heterocycles. The van der Waals surface area contributed by atoms with Crippen LogP contribution in [0.2, 0.25) is 0 Å². The van der Waals surface area contributed by atoms with Crippen LogP contribution in [0.1, 0.15) is 50.7 Å². The Morgan fingerprint density at radius 3 is 2.89 bits per heavy atom. The van der Waals surface area contributed by atoms with Crippen molar-refractivity contribution in [2.45, 2.75) is 52.1 Å². The van der Waals surface area contributed by atoms with Gasteiger partial charge in [0.05, 0.1) is 11.6 Å². The van der Waals surface area contributed by atoms with Crippen molar-refractivity contribution in [1.29, 1.82) is 5.26 Å². The van der Waals surface area contributed by atoms with Crippen LogP contribution in [0.25, 0.3) is 0 Å². The van der Waals surface area contributed by atoms with Crippen LogP contribution in [0.5, 0.6) is 0 Å². The Morgan fingerprint density at radius 1 is 1.42 bits per heavy atom. The summed E-state index contributed by atoms with van der Waals surface area (Å²) in [7, 11) is 0. The molecule has 1 fully saturated rings. The van der Waals surface area contributed by atoms with E-state index < -0.39 is 0 Å². The lowest BCUT2D eigenvalue weighted by atomic mass is 9.73. The number of rotatable bonds is 3. The number of nitriles is 1. The lowest BCUT2D eigenvalue weighted by Gasteiger charge is -2.39. The maximum Gasteiger partial charge on any atom is 0.123 e. The summed E-state index contributed by atoms with van der Waals surface area (Å²) in [5, 5.41) is 12.6. The molecule has 102 valence electrons. The summed E-state index contributed by atoms with van der Waals surface area (Å²) in [6.45, 7) is 5.12. The van der Waals surface area contributed by atoms with Crippen molar-refractivity contribution < 1.29 is 4.39 Å². The van der Waals surface area contributed by atoms with Gasteiger partial charge in [0.1, 0.15) is 5.82 Å². The van der Waals surface area contributed by atoms with Gasteiger partial charge in [0, 0.05) is 12.6 Å². The molecule has 1 aliphatic carbocycles. The summed E-state index contributed by atoms with van der Waals surface area (Å²) >= 11 is 0. The van der Waals surface area contributed by atoms with Crippen molar-refractivity contribution in [1.82, 2.24) is 5.32 Å². The zero-order valence-corrected chi connectivity index (χ0v) is 11.7. The fourth-order valence-corrected chi connectivity index (χ4v) is 2.92. The van der Waals surface area contributed by atoms with E-state index in [9.17, 15) is 4.39 Å². The summed E-state index contributed by atoms with van der Waals surface area (Å²) in [6, 6.07) is 6.92. The van der Waals surface area contributed by atoms with E-state index in [1.165, 1.54) is 31.4 Å². The zero-order chi connectivity index (χ0) is 13.9. The molecule has 1 aliphatic rings. The third-order valence-corrected chi connectivity index (χ3v) is 4.23. The normalized spacial score (nSPS) is 21.9. The lowest BCUT2D eigenvalue weighted by molar-refractivity contribution is 0.166. The second kappa shape index (κ2) is 5.71. The monoisotopic (exact) mass is 260 g/mol. The lowest BCUT2D eigenvalue weighted by Crippen LogP contribution is -2.43. The number of nitrogens with one attached hydrogen (secondary N) is 1. The highest BCUT2D eigenvalue weighted by Crippen LogP contribution is 2.35. The number of hydrogen-bond acceptors (Lipinski definition) is 2. The molecule has 2 rings (SSSR count). The first-order chi connectivity index (χ1) is 9.03. The van der Waals surface area contributed by atoms with E-state index in [0.29, 0.717) is 18.2 Å². The van der Waals surface area contributed by atoms with E-state index in [0.717, 1.165) is 12.0 Å². The first kappa shape index (κ1) is 14.0. The van der Waals surface area contributed by atoms with E-state index in [1.807, 2.05) is 0 Å². The van der Waals surface area contributed by atoms with Crippen LogP contribution in [0.3, 0.4) is 0 Å². The molecule has 1 N–H and O–H groups in total. The minimum atomic E-state index is -0.279. The Kier molecular flexibility index (Phi) is 4.21. The zero-order valence-electron chi connectivity index (χ0n) is 11.7. The van der Waals surface area contributed by atoms with Gasteiger partial charge in [0.15, 0.2) is 0 Å². The van der Waals surface area contributed by atoms with Crippen molar-refractivity contribution in [3.8, 4) is 6.07 Å². The highest BCUT2D eigenvalue weighted by atomic mass is 19.1. The molecule has 0 amide bonds. The fourth-order valence-electron chi connectivity index (χ4n) is 2.92. The quantitative estimate of drug-likeness (QED) is 0.898. The molecule has 0 saturated heterocycles. The predicted octanol–water partition coefficient (Wildman–Crippen LogP) is 3.76. The second-order valence-corrected chi connectivity index (χ2v) is 6.08. The maximum atomic E-state index is 13.3. The van der Waals surface area contributed by atoms with E-state index >= 15 is 0 Å². The second-order valence-electron chi connectivity index (χ2n) is 6.08. The number of benzene rings is 1. The van der Waals surface area contributed by atoms with Crippen LogP contribution in [0.4, 0.5) is 4.39 Å². The first-order valence-corrected chi connectivity index (χ1v) is 6.95. The molecule has 1 aromatic carbocycles. The van der Waals surface area contributed by atoms with Gasteiger partial charge in [-0.25, -0.2) is 4.39 Å². The van der Waals surface area contributed by atoms with Gasteiger partial charge in [-0.15, -0.1) is 0 Å². The Hall–Kier alpha value is -1.40. The Morgan fingerprint density at radius 2 is 2.21 bits per heavy atom. The summed E-state index contributed by atoms with van der Waals surface area (Å²) in [6.07, 6.45) is 4.91. The van der Waals surface area contributed by atoms with Gasteiger partial charge in [0.25, 0.3) is 0 Å². The van der Waals surface area contributed by atoms with Crippen LogP contribution >= 0.6 is 0 Å². The molecule has 0 aromatic heterocycles. The minimum absolute atomic E-state index is 0.276. The van der Waals surface area contributed by atoms with Gasteiger partial charge in [-0.2, -0.15) is 5.26 Å². The molecule has 1 aromatic rings. The average molecular weight is 260 g/mol. The van der Waals surface area contributed by atoms with Crippen molar-refractivity contribution in [2.75, 3.05) is 0 Å². The van der Waals surface area contributed by atoms with E-state index in [2.05, 4.69) is 25.2 Å². The Balaban J connectivity index is 2.06. The molecular weight excluding hydrogens is 239 g/mol. The summed E-state index contributed by atoms with van der Waals surface area (Å²) in [4.78, 5) is 0. The van der Waals surface area contributed by atoms with Gasteiger partial charge in [-0.1, -0.05) is 26.7 Å². The molecule has 0 radical (unpaired) electrons. The van der Waals surface area contributed by atoms with Gasteiger partial charge >= 0.3 is 0 Å². The molecular formula is C16H21FN2. The predicted molar refractivity (Wildman–Crippen MR) is 74.0 cm³/mol. The van der Waals surface area contributed by atoms with Crippen molar-refractivity contribution in [3.63, 3.8) is 0 Å². The minimum Gasteiger partial charge on any atom is -0.309 e. The van der Waals surface area contributed by atoms with Crippen molar-refractivity contribution in [3.05, 3.63) is 35.1 Å². The van der Waals surface area contributed by atoms with E-state index in [-0.39, 0.29) is 11.2 Å². The molecule has 1 saturated carbocycles. The molecule has 0 spiro atoms. The third-order valence-electron chi connectivity index (χ3n) is 4.23. The molecule has 3 heteroatoms. The highest BCUT2D eigenvalue weighted by Gasteiger charge is 2.31. The Labute approximate surface area is 114 Å². The van der Waals surface area contributed by atoms with Gasteiger partial charge in [-0.3, -0.25) is 0 Å². The smallest absolute Gasteiger partial charge is 0.123 e. The van der Waals surface area contributed by atoms with Gasteiger partial charge < -0.3 is 5.32 Å². The first-order valence-electron chi connectivity index (χ1n) is 6.95. The highest BCUT2D eigenvalue weighted by molar-refractivity contribution is 5.37. The number of nitrogens with zero attached hydrogens (tertiary/aromatic N) is 1. The number of halogens is 1. The Bertz CT molecular complexity index is 488. The van der Waals surface area contributed by atoms with Crippen molar-refractivity contribution >= 4 is 0 Å². The molecule has 0 heterocycles. The SMILES string of the molecule is CC1(C)CCCCC1NCc1cc(F)ccc1C#N. The maximum absolute atomic E-state index is 13.3. The molecule has 1 unspecified atom stereocenters. The van der Waals surface area contributed by atoms with Crippen LogP contribution < -0.4 is 5.32 Å². The van der Waals surface area contributed by atoms with Gasteiger partial charge in [-0.05, 0) is 42.0 Å². The van der Waals surface area contributed by atoms with Crippen LogP contribution in [-0.4, -0.2) is 6.04 Å². The average Bonchev–Trinajstić information content (AvgIpc) is 2.37. The summed E-state index contributed by atoms with van der Waals surface area (Å²) < 4.78 is 13.3. The number of hydrogen-bond donors (Lipinski definition) is 1. The molecule has 1 atom stereocenters. The molecule has 2 nitrogen and oxygen atoms in total. The third kappa shape index (κ3) is 3.33. The topological polar surface area (TPSA) is 35.8 Å². The van der Waals surface area contributed by atoms with E-state index in [4.69, 9.17) is 5.26 Å².